The molecule has 0 unspecified atom stereocenters. The van der Waals surface area contributed by atoms with Crippen molar-refractivity contribution in [1.82, 2.24) is 10.6 Å². The Morgan fingerprint density at radius 2 is 1.14 bits per heavy atom. The number of likely N-dealkylation sites (N-methyl/N-ethyl adjacent to an activating group) is 1. The van der Waals surface area contributed by atoms with Gasteiger partial charge in [-0.3, -0.25) is 4.79 Å². The van der Waals surface area contributed by atoms with Gasteiger partial charge >= 0.3 is 0 Å². The lowest BCUT2D eigenvalue weighted by Gasteiger charge is -2.05. The van der Waals surface area contributed by atoms with Crippen LogP contribution >= 0.6 is 0 Å². The van der Waals surface area contributed by atoms with Crippen LogP contribution in [0.25, 0.3) is 0 Å². The highest BCUT2D eigenvalue weighted by molar-refractivity contribution is 5.75. The Bertz CT molecular complexity index is 231. The van der Waals surface area contributed by atoms with Crippen LogP contribution in [-0.2, 0) is 4.79 Å². The standard InChI is InChI=1S/C19H40N2O/c1-3-4-5-6-7-8-9-10-11-12-13-14-15-16-19(22)21-18-17-20-2/h20H,3-18H2,1-2H3,(H,21,22). The van der Waals surface area contributed by atoms with E-state index in [0.29, 0.717) is 6.42 Å². The van der Waals surface area contributed by atoms with Crippen LogP contribution in [0.3, 0.4) is 0 Å². The number of nitrogens with one attached hydrogen (secondary N) is 2. The summed E-state index contributed by atoms with van der Waals surface area (Å²) in [5, 5.41) is 5.95. The van der Waals surface area contributed by atoms with Crippen LogP contribution < -0.4 is 10.6 Å². The zero-order chi connectivity index (χ0) is 16.3. The third kappa shape index (κ3) is 17.5. The van der Waals surface area contributed by atoms with Gasteiger partial charge in [0.05, 0.1) is 0 Å². The van der Waals surface area contributed by atoms with Gasteiger partial charge in [-0.2, -0.15) is 0 Å². The number of carbonyl (C=O) groups is 1. The first-order valence-electron chi connectivity index (χ1n) is 9.72. The molecule has 0 rings (SSSR count). The Kier molecular flexibility index (Phi) is 18.0. The van der Waals surface area contributed by atoms with Crippen molar-refractivity contribution in [3.63, 3.8) is 0 Å². The summed E-state index contributed by atoms with van der Waals surface area (Å²) in [4.78, 5) is 11.5. The summed E-state index contributed by atoms with van der Waals surface area (Å²) in [6, 6.07) is 0. The van der Waals surface area contributed by atoms with Gasteiger partial charge in [0.25, 0.3) is 0 Å². The van der Waals surface area contributed by atoms with Crippen LogP contribution in [0.15, 0.2) is 0 Å². The van der Waals surface area contributed by atoms with Crippen molar-refractivity contribution in [3.05, 3.63) is 0 Å². The number of rotatable bonds is 17. The summed E-state index contributed by atoms with van der Waals surface area (Å²) in [5.41, 5.74) is 0. The van der Waals surface area contributed by atoms with Crippen molar-refractivity contribution in [2.45, 2.75) is 96.8 Å². The Balaban J connectivity index is 3.06. The van der Waals surface area contributed by atoms with Crippen LogP contribution in [0.1, 0.15) is 96.8 Å². The number of hydrogen-bond acceptors (Lipinski definition) is 2. The van der Waals surface area contributed by atoms with Crippen LogP contribution in [0.2, 0.25) is 0 Å². The molecular formula is C19H40N2O. The molecule has 3 heteroatoms. The lowest BCUT2D eigenvalue weighted by Crippen LogP contribution is -2.30. The van der Waals surface area contributed by atoms with Gasteiger partial charge in [0.15, 0.2) is 0 Å². The molecule has 0 saturated carbocycles. The van der Waals surface area contributed by atoms with Crippen molar-refractivity contribution in [3.8, 4) is 0 Å². The molecule has 22 heavy (non-hydrogen) atoms. The van der Waals surface area contributed by atoms with Crippen molar-refractivity contribution in [1.29, 1.82) is 0 Å². The van der Waals surface area contributed by atoms with Crippen LogP contribution in [-0.4, -0.2) is 26.0 Å². The average Bonchev–Trinajstić information content (AvgIpc) is 2.52. The molecule has 0 spiro atoms. The average molecular weight is 313 g/mol. The van der Waals surface area contributed by atoms with E-state index in [1.165, 1.54) is 77.0 Å². The van der Waals surface area contributed by atoms with Crippen molar-refractivity contribution >= 4 is 5.91 Å². The van der Waals surface area contributed by atoms with Gasteiger partial charge < -0.3 is 10.6 Å². The Morgan fingerprint density at radius 1 is 0.682 bits per heavy atom. The molecule has 0 aromatic carbocycles. The maximum atomic E-state index is 11.5. The van der Waals surface area contributed by atoms with E-state index in [2.05, 4.69) is 17.6 Å². The van der Waals surface area contributed by atoms with E-state index in [1.54, 1.807) is 0 Å². The van der Waals surface area contributed by atoms with Gasteiger partial charge in [-0.25, -0.2) is 0 Å². The summed E-state index contributed by atoms with van der Waals surface area (Å²) in [7, 11) is 1.90. The topological polar surface area (TPSA) is 41.1 Å². The Labute approximate surface area is 139 Å². The maximum Gasteiger partial charge on any atom is 0.220 e. The summed E-state index contributed by atoms with van der Waals surface area (Å²) in [5.74, 6) is 0.207. The third-order valence-electron chi connectivity index (χ3n) is 4.20. The zero-order valence-electron chi connectivity index (χ0n) is 15.2. The second-order valence-electron chi connectivity index (χ2n) is 6.45. The number of amides is 1. The number of unbranched alkanes of at least 4 members (excludes halogenated alkanes) is 12. The first kappa shape index (κ1) is 21.4. The van der Waals surface area contributed by atoms with Gasteiger partial charge in [-0.1, -0.05) is 84.0 Å². The maximum absolute atomic E-state index is 11.5. The van der Waals surface area contributed by atoms with Gasteiger partial charge in [0, 0.05) is 19.5 Å². The molecule has 0 fully saturated rings. The van der Waals surface area contributed by atoms with Gasteiger partial charge in [0.2, 0.25) is 5.91 Å². The van der Waals surface area contributed by atoms with Gasteiger partial charge in [-0.05, 0) is 13.5 Å². The molecule has 0 radical (unpaired) electrons. The molecule has 0 saturated heterocycles. The van der Waals surface area contributed by atoms with Crippen molar-refractivity contribution in [2.24, 2.45) is 0 Å². The molecule has 3 nitrogen and oxygen atoms in total. The van der Waals surface area contributed by atoms with Crippen LogP contribution in [0.4, 0.5) is 0 Å². The fourth-order valence-electron chi connectivity index (χ4n) is 2.72. The van der Waals surface area contributed by atoms with E-state index in [4.69, 9.17) is 0 Å². The Morgan fingerprint density at radius 3 is 1.59 bits per heavy atom. The summed E-state index contributed by atoms with van der Waals surface area (Å²) < 4.78 is 0. The predicted octanol–water partition coefficient (Wildman–Crippen LogP) is 4.80. The molecule has 0 aliphatic heterocycles. The zero-order valence-corrected chi connectivity index (χ0v) is 15.2. The highest BCUT2D eigenvalue weighted by atomic mass is 16.1. The van der Waals surface area contributed by atoms with E-state index in [0.717, 1.165) is 19.5 Å². The molecule has 132 valence electrons. The number of hydrogen-bond donors (Lipinski definition) is 2. The van der Waals surface area contributed by atoms with E-state index in [1.807, 2.05) is 7.05 Å². The molecule has 0 aromatic rings. The minimum Gasteiger partial charge on any atom is -0.355 e. The molecule has 0 heterocycles. The quantitative estimate of drug-likeness (QED) is 0.379. The van der Waals surface area contributed by atoms with Crippen LogP contribution in [0.5, 0.6) is 0 Å². The minimum atomic E-state index is 0.207. The molecule has 0 bridgehead atoms. The van der Waals surface area contributed by atoms with Gasteiger partial charge in [0.1, 0.15) is 0 Å². The fraction of sp³-hybridized carbons (Fsp3) is 0.947. The second-order valence-corrected chi connectivity index (χ2v) is 6.45. The highest BCUT2D eigenvalue weighted by Crippen LogP contribution is 2.12. The number of carbonyl (C=O) groups excluding carboxylic acids is 1. The SMILES string of the molecule is CCCCCCCCCCCCCCCC(=O)NCCNC. The molecule has 1 amide bonds. The first-order valence-corrected chi connectivity index (χ1v) is 9.72. The largest absolute Gasteiger partial charge is 0.355 e. The predicted molar refractivity (Wildman–Crippen MR) is 97.2 cm³/mol. The molecule has 2 N–H and O–H groups in total. The summed E-state index contributed by atoms with van der Waals surface area (Å²) >= 11 is 0. The lowest BCUT2D eigenvalue weighted by atomic mass is 10.0. The normalized spacial score (nSPS) is 10.8. The molecular weight excluding hydrogens is 272 g/mol. The van der Waals surface area contributed by atoms with E-state index in [-0.39, 0.29) is 5.91 Å². The molecule has 0 aliphatic carbocycles. The van der Waals surface area contributed by atoms with Gasteiger partial charge in [-0.15, -0.1) is 0 Å². The monoisotopic (exact) mass is 312 g/mol. The summed E-state index contributed by atoms with van der Waals surface area (Å²) in [6.07, 6.45) is 18.3. The van der Waals surface area contributed by atoms with E-state index in [9.17, 15) is 4.79 Å². The smallest absolute Gasteiger partial charge is 0.220 e. The van der Waals surface area contributed by atoms with Crippen molar-refractivity contribution < 1.29 is 4.79 Å². The lowest BCUT2D eigenvalue weighted by molar-refractivity contribution is -0.121. The second kappa shape index (κ2) is 18.5. The van der Waals surface area contributed by atoms with Crippen molar-refractivity contribution in [2.75, 3.05) is 20.1 Å². The highest BCUT2D eigenvalue weighted by Gasteiger charge is 1.99. The minimum absolute atomic E-state index is 0.207. The summed E-state index contributed by atoms with van der Waals surface area (Å²) in [6.45, 7) is 3.87. The fourth-order valence-corrected chi connectivity index (χ4v) is 2.72. The molecule has 0 aliphatic rings. The first-order chi connectivity index (χ1) is 10.8. The van der Waals surface area contributed by atoms with Crippen LogP contribution in [0, 0.1) is 0 Å². The third-order valence-corrected chi connectivity index (χ3v) is 4.20. The van der Waals surface area contributed by atoms with E-state index < -0.39 is 0 Å². The van der Waals surface area contributed by atoms with E-state index >= 15 is 0 Å². The Hall–Kier alpha value is -0.570. The molecule has 0 atom stereocenters. The molecule has 0 aromatic heterocycles.